The highest BCUT2D eigenvalue weighted by Crippen LogP contribution is 2.29. The number of nitrogens with one attached hydrogen (secondary N) is 2. The largest absolute Gasteiger partial charge is 0.367 e. The van der Waals surface area contributed by atoms with E-state index in [1.54, 1.807) is 0 Å². The smallest absolute Gasteiger partial charge is 0.229 e. The molecule has 1 aromatic carbocycles. The summed E-state index contributed by atoms with van der Waals surface area (Å²) in [5, 5.41) is 6.95. The van der Waals surface area contributed by atoms with E-state index in [0.717, 1.165) is 11.5 Å². The molecule has 0 aliphatic heterocycles. The second kappa shape index (κ2) is 6.99. The minimum absolute atomic E-state index is 0.456. The molecule has 122 valence electrons. The summed E-state index contributed by atoms with van der Waals surface area (Å²) in [7, 11) is 0. The third-order valence-electron chi connectivity index (χ3n) is 4.53. The van der Waals surface area contributed by atoms with Gasteiger partial charge in [0.25, 0.3) is 0 Å². The fourth-order valence-electron chi connectivity index (χ4n) is 3.23. The summed E-state index contributed by atoms with van der Waals surface area (Å²) in [5.74, 6) is 2.02. The van der Waals surface area contributed by atoms with Crippen molar-refractivity contribution in [2.24, 2.45) is 0 Å². The molecule has 1 aliphatic carbocycles. The Morgan fingerprint density at radius 2 is 1.91 bits per heavy atom. The molecule has 1 heterocycles. The van der Waals surface area contributed by atoms with Gasteiger partial charge in [0.05, 0.1) is 0 Å². The molecule has 0 amide bonds. The molecule has 2 aromatic rings. The number of nitrogens with zero attached hydrogens (tertiary/aromatic N) is 2. The van der Waals surface area contributed by atoms with E-state index in [0.29, 0.717) is 17.9 Å². The molecule has 2 N–H and O–H groups in total. The average Bonchev–Trinajstić information content (AvgIpc) is 3.02. The molecule has 23 heavy (non-hydrogen) atoms. The van der Waals surface area contributed by atoms with Gasteiger partial charge in [-0.15, -0.1) is 0 Å². The summed E-state index contributed by atoms with van der Waals surface area (Å²) in [6, 6.07) is 8.90. The zero-order valence-electron chi connectivity index (χ0n) is 14.3. The molecule has 0 spiro atoms. The molecule has 1 aliphatic rings. The van der Waals surface area contributed by atoms with Gasteiger partial charge < -0.3 is 10.6 Å². The first-order valence-corrected chi connectivity index (χ1v) is 8.59. The molecule has 0 unspecified atom stereocenters. The van der Waals surface area contributed by atoms with Crippen LogP contribution >= 0.6 is 0 Å². The lowest BCUT2D eigenvalue weighted by molar-refractivity contribution is 0.750. The van der Waals surface area contributed by atoms with Crippen LogP contribution in [0.5, 0.6) is 0 Å². The third kappa shape index (κ3) is 3.81. The topological polar surface area (TPSA) is 49.8 Å². The Bertz CT molecular complexity index is 660. The number of rotatable bonds is 5. The van der Waals surface area contributed by atoms with Crippen LogP contribution in [0.15, 0.2) is 30.5 Å². The van der Waals surface area contributed by atoms with Crippen LogP contribution in [0.2, 0.25) is 0 Å². The van der Waals surface area contributed by atoms with Gasteiger partial charge in [-0.25, -0.2) is 4.98 Å². The molecule has 4 heteroatoms. The third-order valence-corrected chi connectivity index (χ3v) is 4.53. The number of para-hydroxylation sites is 1. The van der Waals surface area contributed by atoms with Gasteiger partial charge >= 0.3 is 0 Å². The maximum atomic E-state index is 4.64. The predicted molar refractivity (Wildman–Crippen MR) is 96.5 cm³/mol. The number of hydrogen-bond acceptors (Lipinski definition) is 4. The summed E-state index contributed by atoms with van der Waals surface area (Å²) >= 11 is 0. The Morgan fingerprint density at radius 3 is 2.65 bits per heavy atom. The normalized spacial score (nSPS) is 15.1. The van der Waals surface area contributed by atoms with Crippen LogP contribution in [-0.2, 0) is 0 Å². The van der Waals surface area contributed by atoms with Crippen molar-refractivity contribution in [3.63, 3.8) is 0 Å². The summed E-state index contributed by atoms with van der Waals surface area (Å²) in [4.78, 5) is 9.03. The zero-order chi connectivity index (χ0) is 16.2. The van der Waals surface area contributed by atoms with Gasteiger partial charge in [-0.05, 0) is 42.9 Å². The van der Waals surface area contributed by atoms with Crippen molar-refractivity contribution in [1.82, 2.24) is 9.97 Å². The molecule has 0 atom stereocenters. The molecule has 0 saturated heterocycles. The molecule has 4 nitrogen and oxygen atoms in total. The average molecular weight is 310 g/mol. The molecular formula is C19H26N4. The van der Waals surface area contributed by atoms with E-state index in [1.165, 1.54) is 36.8 Å². The first-order chi connectivity index (χ1) is 11.1. The number of hydrogen-bond donors (Lipinski definition) is 2. The lowest BCUT2D eigenvalue weighted by atomic mass is 9.98. The van der Waals surface area contributed by atoms with Crippen molar-refractivity contribution in [3.8, 4) is 0 Å². The van der Waals surface area contributed by atoms with Crippen LogP contribution in [0.3, 0.4) is 0 Å². The van der Waals surface area contributed by atoms with Crippen molar-refractivity contribution in [2.75, 3.05) is 10.6 Å². The second-order valence-corrected chi connectivity index (χ2v) is 6.71. The highest BCUT2D eigenvalue weighted by Gasteiger charge is 2.15. The van der Waals surface area contributed by atoms with Crippen molar-refractivity contribution in [1.29, 1.82) is 0 Å². The Morgan fingerprint density at radius 1 is 1.13 bits per heavy atom. The quantitative estimate of drug-likeness (QED) is 0.815. The van der Waals surface area contributed by atoms with Crippen molar-refractivity contribution in [2.45, 2.75) is 58.4 Å². The van der Waals surface area contributed by atoms with Crippen LogP contribution in [0.1, 0.15) is 56.6 Å². The van der Waals surface area contributed by atoms with Crippen LogP contribution in [-0.4, -0.2) is 16.0 Å². The molecule has 1 saturated carbocycles. The SMILES string of the molecule is Cc1cccc(C(C)C)c1Nc1nccc(NC2CCCC2)n1. The Labute approximate surface area is 138 Å². The van der Waals surface area contributed by atoms with Gasteiger partial charge in [0.2, 0.25) is 5.95 Å². The zero-order valence-corrected chi connectivity index (χ0v) is 14.3. The molecule has 0 radical (unpaired) electrons. The highest BCUT2D eigenvalue weighted by molar-refractivity contribution is 5.64. The van der Waals surface area contributed by atoms with E-state index in [9.17, 15) is 0 Å². The summed E-state index contributed by atoms with van der Waals surface area (Å²) < 4.78 is 0. The molecule has 3 rings (SSSR count). The van der Waals surface area contributed by atoms with Crippen LogP contribution in [0.25, 0.3) is 0 Å². The van der Waals surface area contributed by atoms with E-state index >= 15 is 0 Å². The number of anilines is 3. The molecule has 0 bridgehead atoms. The summed E-state index contributed by atoms with van der Waals surface area (Å²) in [5.41, 5.74) is 3.64. The molecule has 1 fully saturated rings. The standard InChI is InChI=1S/C19H26N4/c1-13(2)16-10-6-7-14(3)18(16)23-19-20-12-11-17(22-19)21-15-8-4-5-9-15/h6-7,10-13,15H,4-5,8-9H2,1-3H3,(H2,20,21,22,23). The maximum absolute atomic E-state index is 4.64. The minimum Gasteiger partial charge on any atom is -0.367 e. The fraction of sp³-hybridized carbons (Fsp3) is 0.474. The van der Waals surface area contributed by atoms with E-state index in [4.69, 9.17) is 0 Å². The predicted octanol–water partition coefficient (Wildman–Crippen LogP) is 5.01. The highest BCUT2D eigenvalue weighted by atomic mass is 15.1. The summed E-state index contributed by atoms with van der Waals surface area (Å²) in [6.45, 7) is 6.53. The Balaban J connectivity index is 1.80. The second-order valence-electron chi connectivity index (χ2n) is 6.71. The van der Waals surface area contributed by atoms with E-state index < -0.39 is 0 Å². The van der Waals surface area contributed by atoms with Crippen LogP contribution in [0, 0.1) is 6.92 Å². The van der Waals surface area contributed by atoms with Crippen molar-refractivity contribution >= 4 is 17.5 Å². The number of aromatic nitrogens is 2. The number of aryl methyl sites for hydroxylation is 1. The van der Waals surface area contributed by atoms with Gasteiger partial charge in [0.1, 0.15) is 5.82 Å². The monoisotopic (exact) mass is 310 g/mol. The number of benzene rings is 1. The van der Waals surface area contributed by atoms with E-state index in [-0.39, 0.29) is 0 Å². The van der Waals surface area contributed by atoms with Crippen LogP contribution < -0.4 is 10.6 Å². The Kier molecular flexibility index (Phi) is 4.79. The van der Waals surface area contributed by atoms with Gasteiger partial charge in [0.15, 0.2) is 0 Å². The van der Waals surface area contributed by atoms with E-state index in [2.05, 4.69) is 59.6 Å². The first-order valence-electron chi connectivity index (χ1n) is 8.59. The first kappa shape index (κ1) is 15.8. The van der Waals surface area contributed by atoms with E-state index in [1.807, 2.05) is 12.3 Å². The maximum Gasteiger partial charge on any atom is 0.229 e. The fourth-order valence-corrected chi connectivity index (χ4v) is 3.23. The lowest BCUT2D eigenvalue weighted by Gasteiger charge is -2.17. The molecule has 1 aromatic heterocycles. The molecular weight excluding hydrogens is 284 g/mol. The van der Waals surface area contributed by atoms with Gasteiger partial charge in [-0.2, -0.15) is 4.98 Å². The van der Waals surface area contributed by atoms with Gasteiger partial charge in [0, 0.05) is 17.9 Å². The van der Waals surface area contributed by atoms with Crippen molar-refractivity contribution < 1.29 is 0 Å². The van der Waals surface area contributed by atoms with Gasteiger partial charge in [-0.1, -0.05) is 44.9 Å². The lowest BCUT2D eigenvalue weighted by Crippen LogP contribution is -2.16. The summed E-state index contributed by atoms with van der Waals surface area (Å²) in [6.07, 6.45) is 6.92. The van der Waals surface area contributed by atoms with Gasteiger partial charge in [-0.3, -0.25) is 0 Å². The van der Waals surface area contributed by atoms with Crippen LogP contribution in [0.4, 0.5) is 17.5 Å². The van der Waals surface area contributed by atoms with Crippen molar-refractivity contribution in [3.05, 3.63) is 41.6 Å². The Hall–Kier alpha value is -2.10. The minimum atomic E-state index is 0.456.